The van der Waals surface area contributed by atoms with Crippen molar-refractivity contribution in [2.24, 2.45) is 56.8 Å². The summed E-state index contributed by atoms with van der Waals surface area (Å²) in [5.41, 5.74) is 16.8. The van der Waals surface area contributed by atoms with Crippen LogP contribution in [0.25, 0.3) is 5.57 Å². The molecule has 0 radical (unpaired) electrons. The van der Waals surface area contributed by atoms with Crippen LogP contribution in [0.5, 0.6) is 0 Å². The molecule has 350 valence electrons. The monoisotopic (exact) mass is 899 g/mol. The van der Waals surface area contributed by atoms with E-state index in [1.54, 1.807) is 16.7 Å². The zero-order valence-electron chi connectivity index (χ0n) is 42.6. The molecular weight excluding hydrogens is 825 g/mol. The molecule has 13 atom stereocenters. The number of hydrogen-bond acceptors (Lipinski definition) is 4. The van der Waals surface area contributed by atoms with Crippen molar-refractivity contribution < 1.29 is 0 Å². The van der Waals surface area contributed by atoms with E-state index >= 15 is 0 Å². The van der Waals surface area contributed by atoms with E-state index in [2.05, 4.69) is 207 Å². The van der Waals surface area contributed by atoms with Gasteiger partial charge in [-0.05, 0) is 163 Å². The smallest absolute Gasteiger partial charge is 0.231 e. The van der Waals surface area contributed by atoms with E-state index < -0.39 is 0 Å². The van der Waals surface area contributed by atoms with Gasteiger partial charge in [0.15, 0.2) is 0 Å². The second-order valence-corrected chi connectivity index (χ2v) is 24.1. The summed E-state index contributed by atoms with van der Waals surface area (Å²) in [6.45, 7) is 24.8. The van der Waals surface area contributed by atoms with Crippen LogP contribution in [0.4, 0.5) is 11.4 Å². The minimum absolute atomic E-state index is 0.0154. The van der Waals surface area contributed by atoms with Gasteiger partial charge in [0, 0.05) is 22.2 Å². The van der Waals surface area contributed by atoms with Crippen LogP contribution in [-0.2, 0) is 10.8 Å². The molecule has 4 nitrogen and oxygen atoms in total. The highest BCUT2D eigenvalue weighted by Gasteiger charge is 2.59. The van der Waals surface area contributed by atoms with Gasteiger partial charge in [0.05, 0.1) is 34.9 Å². The van der Waals surface area contributed by atoms with Crippen molar-refractivity contribution >= 4 is 28.6 Å². The van der Waals surface area contributed by atoms with Crippen LogP contribution in [0.3, 0.4) is 0 Å². The predicted molar refractivity (Wildman–Crippen MR) is 287 cm³/mol. The van der Waals surface area contributed by atoms with Crippen molar-refractivity contribution in [3.63, 3.8) is 0 Å². The lowest BCUT2D eigenvalue weighted by molar-refractivity contribution is 0.222. The summed E-state index contributed by atoms with van der Waals surface area (Å²) in [5.74, 6) is 4.17. The Morgan fingerprint density at radius 3 is 2.40 bits per heavy atom. The molecular formula is C64H74N4. The van der Waals surface area contributed by atoms with Gasteiger partial charge in [-0.1, -0.05) is 164 Å². The molecule has 3 aliphatic heterocycles. The Morgan fingerprint density at radius 2 is 1.57 bits per heavy atom. The van der Waals surface area contributed by atoms with Gasteiger partial charge in [0.25, 0.3) is 0 Å². The molecule has 0 aromatic heterocycles. The maximum Gasteiger partial charge on any atom is 0.231 e. The average Bonchev–Trinajstić information content (AvgIpc) is 3.70. The first-order chi connectivity index (χ1) is 32.6. The highest BCUT2D eigenvalue weighted by molar-refractivity contribution is 6.16. The summed E-state index contributed by atoms with van der Waals surface area (Å²) in [4.78, 5) is 16.7. The number of allylic oxidation sites excluding steroid dienone is 16. The lowest BCUT2D eigenvalue weighted by atomic mass is 9.59. The number of fused-ring (bicyclic) bond motifs is 7. The number of para-hydroxylation sites is 1. The summed E-state index contributed by atoms with van der Waals surface area (Å²) in [6.07, 6.45) is 41.5. The topological polar surface area (TPSA) is 31.2 Å². The second-order valence-electron chi connectivity index (χ2n) is 24.1. The molecule has 7 aliphatic carbocycles. The summed E-state index contributed by atoms with van der Waals surface area (Å²) in [5, 5.41) is 0. The lowest BCUT2D eigenvalue weighted by Gasteiger charge is -2.53. The Kier molecular flexibility index (Phi) is 10.1. The first kappa shape index (κ1) is 44.0. The van der Waals surface area contributed by atoms with Crippen molar-refractivity contribution in [2.75, 3.05) is 9.80 Å². The molecule has 0 saturated carbocycles. The molecule has 0 N–H and O–H groups in total. The van der Waals surface area contributed by atoms with E-state index in [0.29, 0.717) is 41.5 Å². The van der Waals surface area contributed by atoms with Crippen LogP contribution in [0.15, 0.2) is 166 Å². The van der Waals surface area contributed by atoms with Crippen molar-refractivity contribution in [1.82, 2.24) is 0 Å². The SMILES string of the molecule is CC1C=CC(N2c3ccccc3[C@@]3(C)CC=C(c4ccc5c(c4)C4(C)C=CC=CC4N5C4=NC5=CC=CC(C)C5C(C5=CCC(C)(C6=CC7=C(C=CCC7C)CC6C)C(C)C5)=N4)CC23C)C(C)C1. The number of rotatable bonds is 4. The third-order valence-electron chi connectivity index (χ3n) is 19.9. The van der Waals surface area contributed by atoms with E-state index in [-0.39, 0.29) is 33.7 Å². The van der Waals surface area contributed by atoms with Crippen LogP contribution in [0.2, 0.25) is 0 Å². The molecule has 68 heavy (non-hydrogen) atoms. The quantitative estimate of drug-likeness (QED) is 0.286. The van der Waals surface area contributed by atoms with Gasteiger partial charge in [-0.25, -0.2) is 9.98 Å². The Bertz CT molecular complexity index is 2880. The van der Waals surface area contributed by atoms with Crippen LogP contribution >= 0.6 is 0 Å². The normalized spacial score (nSPS) is 39.7. The van der Waals surface area contributed by atoms with Gasteiger partial charge in [-0.3, -0.25) is 0 Å². The number of aliphatic imine (C=N–C) groups is 2. The van der Waals surface area contributed by atoms with Gasteiger partial charge in [-0.2, -0.15) is 0 Å². The predicted octanol–water partition coefficient (Wildman–Crippen LogP) is 15.3. The maximum absolute atomic E-state index is 5.80. The molecule has 0 spiro atoms. The van der Waals surface area contributed by atoms with Crippen LogP contribution in [-0.4, -0.2) is 29.3 Å². The number of hydrogen-bond donors (Lipinski definition) is 0. The van der Waals surface area contributed by atoms with Crippen LogP contribution in [0.1, 0.15) is 131 Å². The van der Waals surface area contributed by atoms with Crippen LogP contribution < -0.4 is 9.80 Å². The lowest BCUT2D eigenvalue weighted by Crippen LogP contribution is -2.60. The Balaban J connectivity index is 0.907. The number of guanidine groups is 1. The van der Waals surface area contributed by atoms with E-state index in [9.17, 15) is 0 Å². The minimum Gasteiger partial charge on any atom is -0.358 e. The fourth-order valence-corrected chi connectivity index (χ4v) is 15.4. The standard InChI is InChI=1S/C64H74N4/c1-39-24-26-54(43(5)33-39)68-56-22-12-11-20-50(56)63(9)32-29-48(38-64(63,68)10)45-25-27-55-52(36-45)62(8)30-14-13-23-57(62)67(55)60-65-53-21-16-18-41(3)58(53)59(66-60)47-28-31-61(7,44(6)35-47)51-37-49-40(2)17-15-19-46(49)34-42(51)4/h11-16,18-30,36-37,39-44,54,57-58H,17,31-35,38H2,1-10H3/t39?,40?,41?,42?,43?,44?,54?,57?,58?,61?,62?,63-,64?/m1/s1. The molecule has 12 unspecified atom stereocenters. The molecule has 2 aromatic carbocycles. The van der Waals surface area contributed by atoms with Crippen molar-refractivity contribution in [1.29, 1.82) is 0 Å². The highest BCUT2D eigenvalue weighted by Crippen LogP contribution is 2.61. The summed E-state index contributed by atoms with van der Waals surface area (Å²) in [7, 11) is 0. The van der Waals surface area contributed by atoms with E-state index in [4.69, 9.17) is 9.98 Å². The fraction of sp³-hybridized carbons (Fsp3) is 0.469. The Labute approximate surface area is 408 Å². The molecule has 0 fully saturated rings. The Morgan fingerprint density at radius 1 is 0.750 bits per heavy atom. The molecule has 10 aliphatic rings. The van der Waals surface area contributed by atoms with E-state index in [0.717, 1.165) is 50.2 Å². The summed E-state index contributed by atoms with van der Waals surface area (Å²) in [6, 6.07) is 17.2. The summed E-state index contributed by atoms with van der Waals surface area (Å²) >= 11 is 0. The molecule has 0 bridgehead atoms. The average molecular weight is 899 g/mol. The van der Waals surface area contributed by atoms with Crippen molar-refractivity contribution in [3.8, 4) is 0 Å². The maximum atomic E-state index is 5.80. The number of benzene rings is 2. The molecule has 0 saturated heterocycles. The molecule has 2 aromatic rings. The second kappa shape index (κ2) is 15.6. The zero-order chi connectivity index (χ0) is 47.1. The van der Waals surface area contributed by atoms with Crippen molar-refractivity contribution in [2.45, 2.75) is 143 Å². The minimum atomic E-state index is -0.239. The van der Waals surface area contributed by atoms with E-state index in [1.807, 2.05) is 0 Å². The van der Waals surface area contributed by atoms with E-state index in [1.165, 1.54) is 51.3 Å². The molecule has 12 rings (SSSR count). The van der Waals surface area contributed by atoms with Gasteiger partial charge in [0.1, 0.15) is 0 Å². The Hall–Kier alpha value is -5.22. The van der Waals surface area contributed by atoms with Gasteiger partial charge in [-0.15, -0.1) is 0 Å². The number of anilines is 2. The first-order valence-electron chi connectivity index (χ1n) is 26.6. The largest absolute Gasteiger partial charge is 0.358 e. The molecule has 3 heterocycles. The highest BCUT2D eigenvalue weighted by atomic mass is 15.3. The molecule has 0 amide bonds. The van der Waals surface area contributed by atoms with Crippen LogP contribution in [0, 0.1) is 46.8 Å². The first-order valence-corrected chi connectivity index (χ1v) is 26.6. The fourth-order valence-electron chi connectivity index (χ4n) is 15.4. The molecule has 4 heteroatoms. The summed E-state index contributed by atoms with van der Waals surface area (Å²) < 4.78 is 0. The van der Waals surface area contributed by atoms with Gasteiger partial charge < -0.3 is 9.80 Å². The van der Waals surface area contributed by atoms with Gasteiger partial charge >= 0.3 is 0 Å². The third kappa shape index (κ3) is 6.29. The third-order valence-corrected chi connectivity index (χ3v) is 19.9. The van der Waals surface area contributed by atoms with Crippen molar-refractivity contribution in [3.05, 3.63) is 172 Å². The van der Waals surface area contributed by atoms with Gasteiger partial charge in [0.2, 0.25) is 5.96 Å². The zero-order valence-corrected chi connectivity index (χ0v) is 42.6. The number of nitrogens with zero attached hydrogens (tertiary/aromatic N) is 4.